The number of fused-ring (bicyclic) bond motifs is 2. The second kappa shape index (κ2) is 7.79. The van der Waals surface area contributed by atoms with E-state index in [1.807, 2.05) is 0 Å². The molecule has 4 heteroatoms. The predicted molar refractivity (Wildman–Crippen MR) is 110 cm³/mol. The van der Waals surface area contributed by atoms with Gasteiger partial charge in [0.25, 0.3) is 0 Å². The van der Waals surface area contributed by atoms with Crippen LogP contribution in [0.3, 0.4) is 0 Å². The lowest BCUT2D eigenvalue weighted by atomic mass is 9.73. The van der Waals surface area contributed by atoms with Crippen LogP contribution in [-0.2, 0) is 14.9 Å². The maximum atomic E-state index is 12.5. The number of nitrogens with one attached hydrogen (secondary N) is 1. The van der Waals surface area contributed by atoms with Crippen LogP contribution < -0.4 is 5.32 Å². The summed E-state index contributed by atoms with van der Waals surface area (Å²) >= 11 is 0. The number of hydrogen-bond acceptors (Lipinski definition) is 3. The lowest BCUT2D eigenvalue weighted by Crippen LogP contribution is -2.44. The molecule has 2 heterocycles. The van der Waals surface area contributed by atoms with E-state index >= 15 is 0 Å². The third-order valence-electron chi connectivity index (χ3n) is 7.65. The van der Waals surface area contributed by atoms with Crippen molar-refractivity contribution in [3.8, 4) is 0 Å². The highest BCUT2D eigenvalue weighted by molar-refractivity contribution is 5.78. The molecule has 1 aromatic carbocycles. The van der Waals surface area contributed by atoms with E-state index in [2.05, 4.69) is 34.5 Å². The fraction of sp³-hybridized carbons (Fsp3) is 0.708. The van der Waals surface area contributed by atoms with Crippen LogP contribution in [0.5, 0.6) is 0 Å². The van der Waals surface area contributed by atoms with Gasteiger partial charge in [0.2, 0.25) is 5.91 Å². The van der Waals surface area contributed by atoms with E-state index in [1.165, 1.54) is 63.7 Å². The molecule has 5 rings (SSSR count). The van der Waals surface area contributed by atoms with Crippen molar-refractivity contribution < 1.29 is 9.53 Å². The molecule has 1 saturated carbocycles. The largest absolute Gasteiger partial charge is 0.381 e. The first-order valence-corrected chi connectivity index (χ1v) is 11.4. The van der Waals surface area contributed by atoms with Crippen LogP contribution in [0.4, 0.5) is 0 Å². The fourth-order valence-electron chi connectivity index (χ4n) is 5.88. The minimum Gasteiger partial charge on any atom is -0.381 e. The van der Waals surface area contributed by atoms with E-state index in [4.69, 9.17) is 4.74 Å². The SMILES string of the molecule is O=C(C[C@@H]1CC2(CCN(CC3CCOCC3)CC2)c2ccccc21)NC1CC1. The van der Waals surface area contributed by atoms with Gasteiger partial charge in [-0.15, -0.1) is 0 Å². The van der Waals surface area contributed by atoms with Gasteiger partial charge in [0.1, 0.15) is 0 Å². The van der Waals surface area contributed by atoms with Crippen LogP contribution in [0.15, 0.2) is 24.3 Å². The second-order valence-corrected chi connectivity index (χ2v) is 9.67. The molecule has 1 spiro atoms. The lowest BCUT2D eigenvalue weighted by molar-refractivity contribution is -0.121. The maximum Gasteiger partial charge on any atom is 0.220 e. The molecule has 2 aliphatic carbocycles. The molecular weight excluding hydrogens is 348 g/mol. The standard InChI is InChI=1S/C24H34N2O2/c27-23(25-20-5-6-20)15-19-16-24(22-4-2-1-3-21(19)22)9-11-26(12-10-24)17-18-7-13-28-14-8-18/h1-4,18-20H,5-17H2,(H,25,27)/t19-/m1/s1. The van der Waals surface area contributed by atoms with Crippen molar-refractivity contribution in [3.63, 3.8) is 0 Å². The second-order valence-electron chi connectivity index (χ2n) is 9.67. The predicted octanol–water partition coefficient (Wildman–Crippen LogP) is 3.60. The average molecular weight is 383 g/mol. The topological polar surface area (TPSA) is 41.6 Å². The molecule has 4 nitrogen and oxygen atoms in total. The number of carbonyl (C=O) groups excluding carboxylic acids is 1. The van der Waals surface area contributed by atoms with E-state index in [-0.39, 0.29) is 5.91 Å². The summed E-state index contributed by atoms with van der Waals surface area (Å²) in [6.45, 7) is 5.54. The molecule has 1 amide bonds. The van der Waals surface area contributed by atoms with Crippen LogP contribution in [0.25, 0.3) is 0 Å². The smallest absolute Gasteiger partial charge is 0.220 e. The molecule has 2 aliphatic heterocycles. The first kappa shape index (κ1) is 18.6. The highest BCUT2D eigenvalue weighted by Gasteiger charge is 2.45. The maximum absolute atomic E-state index is 12.5. The van der Waals surface area contributed by atoms with Crippen molar-refractivity contribution in [1.29, 1.82) is 0 Å². The number of benzene rings is 1. The van der Waals surface area contributed by atoms with E-state index in [9.17, 15) is 4.79 Å². The van der Waals surface area contributed by atoms with E-state index in [0.29, 0.717) is 23.8 Å². The number of nitrogens with zero attached hydrogens (tertiary/aromatic N) is 1. The van der Waals surface area contributed by atoms with Gasteiger partial charge in [-0.05, 0) is 86.4 Å². The zero-order valence-electron chi connectivity index (χ0n) is 17.0. The van der Waals surface area contributed by atoms with E-state index in [1.54, 1.807) is 5.56 Å². The summed E-state index contributed by atoms with van der Waals surface area (Å²) in [6, 6.07) is 9.45. The van der Waals surface area contributed by atoms with E-state index in [0.717, 1.165) is 25.6 Å². The molecule has 1 atom stereocenters. The molecular formula is C24H34N2O2. The summed E-state index contributed by atoms with van der Waals surface area (Å²) in [6.07, 6.45) is 9.10. The molecule has 1 aromatic rings. The average Bonchev–Trinajstić information content (AvgIpc) is 3.48. The first-order valence-electron chi connectivity index (χ1n) is 11.4. The van der Waals surface area contributed by atoms with Gasteiger partial charge in [-0.25, -0.2) is 0 Å². The van der Waals surface area contributed by atoms with Gasteiger partial charge >= 0.3 is 0 Å². The van der Waals surface area contributed by atoms with Gasteiger partial charge in [0, 0.05) is 32.2 Å². The van der Waals surface area contributed by atoms with Crippen molar-refractivity contribution in [3.05, 3.63) is 35.4 Å². The van der Waals surface area contributed by atoms with Crippen molar-refractivity contribution in [2.45, 2.75) is 68.7 Å². The molecule has 152 valence electrons. The fourth-order valence-corrected chi connectivity index (χ4v) is 5.88. The Bertz CT molecular complexity index is 700. The molecule has 3 fully saturated rings. The van der Waals surface area contributed by atoms with Crippen LogP contribution in [0.2, 0.25) is 0 Å². The van der Waals surface area contributed by atoms with Crippen LogP contribution in [0, 0.1) is 5.92 Å². The highest BCUT2D eigenvalue weighted by Crippen LogP contribution is 2.52. The van der Waals surface area contributed by atoms with Gasteiger partial charge in [-0.1, -0.05) is 24.3 Å². The molecule has 0 aromatic heterocycles. The third-order valence-corrected chi connectivity index (χ3v) is 7.65. The number of likely N-dealkylation sites (tertiary alicyclic amines) is 1. The molecule has 4 aliphatic rings. The molecule has 28 heavy (non-hydrogen) atoms. The van der Waals surface area contributed by atoms with Crippen LogP contribution in [0.1, 0.15) is 68.4 Å². The van der Waals surface area contributed by atoms with Crippen molar-refractivity contribution in [2.75, 3.05) is 32.8 Å². The minimum atomic E-state index is 0.260. The van der Waals surface area contributed by atoms with Gasteiger partial charge in [0.15, 0.2) is 0 Å². The zero-order chi connectivity index (χ0) is 19.0. The Kier molecular flexibility index (Phi) is 5.18. The van der Waals surface area contributed by atoms with Gasteiger partial charge < -0.3 is 15.0 Å². The van der Waals surface area contributed by atoms with E-state index < -0.39 is 0 Å². The Morgan fingerprint density at radius 1 is 1.11 bits per heavy atom. The number of hydrogen-bond donors (Lipinski definition) is 1. The number of amides is 1. The summed E-state index contributed by atoms with van der Waals surface area (Å²) in [5.41, 5.74) is 3.30. The molecule has 0 radical (unpaired) electrons. The van der Waals surface area contributed by atoms with Crippen molar-refractivity contribution in [1.82, 2.24) is 10.2 Å². The Morgan fingerprint density at radius 3 is 2.61 bits per heavy atom. The van der Waals surface area contributed by atoms with Crippen molar-refractivity contribution in [2.24, 2.45) is 5.92 Å². The monoisotopic (exact) mass is 382 g/mol. The molecule has 0 unspecified atom stereocenters. The summed E-state index contributed by atoms with van der Waals surface area (Å²) in [5, 5.41) is 3.20. The van der Waals surface area contributed by atoms with Gasteiger partial charge in [0.05, 0.1) is 0 Å². The normalized spacial score (nSPS) is 27.6. The Balaban J connectivity index is 1.24. The number of piperidine rings is 1. The summed E-state index contributed by atoms with van der Waals surface area (Å²) in [4.78, 5) is 15.2. The van der Waals surface area contributed by atoms with Crippen LogP contribution >= 0.6 is 0 Å². The summed E-state index contributed by atoms with van der Waals surface area (Å²) in [7, 11) is 0. The lowest BCUT2D eigenvalue weighted by Gasteiger charge is -2.42. The summed E-state index contributed by atoms with van der Waals surface area (Å²) < 4.78 is 5.52. The first-order chi connectivity index (χ1) is 13.7. The quantitative estimate of drug-likeness (QED) is 0.846. The van der Waals surface area contributed by atoms with Gasteiger partial charge in [-0.2, -0.15) is 0 Å². The number of ether oxygens (including phenoxy) is 1. The Hall–Kier alpha value is -1.39. The summed E-state index contributed by atoms with van der Waals surface area (Å²) in [5.74, 6) is 1.48. The van der Waals surface area contributed by atoms with Crippen LogP contribution in [-0.4, -0.2) is 49.7 Å². The minimum absolute atomic E-state index is 0.260. The third kappa shape index (κ3) is 3.86. The highest BCUT2D eigenvalue weighted by atomic mass is 16.5. The van der Waals surface area contributed by atoms with Crippen molar-refractivity contribution >= 4 is 5.91 Å². The van der Waals surface area contributed by atoms with Gasteiger partial charge in [-0.3, -0.25) is 4.79 Å². The molecule has 0 bridgehead atoms. The molecule has 2 saturated heterocycles. The Labute approximate surface area is 169 Å². The number of rotatable bonds is 5. The Morgan fingerprint density at radius 2 is 1.86 bits per heavy atom. The molecule has 1 N–H and O–H groups in total. The zero-order valence-corrected chi connectivity index (χ0v) is 17.0. The number of carbonyl (C=O) groups is 1.